The number of hydrogen-bond donors (Lipinski definition) is 3. The third kappa shape index (κ3) is 4.47. The van der Waals surface area contributed by atoms with E-state index >= 15 is 0 Å². The summed E-state index contributed by atoms with van der Waals surface area (Å²) in [6.07, 6.45) is 2.20. The van der Waals surface area contributed by atoms with Gasteiger partial charge in [-0.3, -0.25) is 9.89 Å². The monoisotopic (exact) mass is 354 g/mol. The van der Waals surface area contributed by atoms with Crippen LogP contribution in [0.1, 0.15) is 23.3 Å². The Balaban J connectivity index is 0.00000192. The fourth-order valence-corrected chi connectivity index (χ4v) is 2.92. The van der Waals surface area contributed by atoms with Crippen molar-refractivity contribution >= 4 is 29.9 Å². The van der Waals surface area contributed by atoms with E-state index in [2.05, 4.69) is 20.8 Å². The predicted octanol–water partition coefficient (Wildman–Crippen LogP) is 2.88. The average molecular weight is 355 g/mol. The van der Waals surface area contributed by atoms with E-state index in [1.165, 1.54) is 6.42 Å². The average Bonchev–Trinajstić information content (AvgIpc) is 3.19. The van der Waals surface area contributed by atoms with Crippen molar-refractivity contribution in [1.29, 1.82) is 0 Å². The Labute approximate surface area is 146 Å². The summed E-state index contributed by atoms with van der Waals surface area (Å²) in [7, 11) is 0. The van der Waals surface area contributed by atoms with E-state index in [0.29, 0.717) is 28.9 Å². The molecule has 1 saturated heterocycles. The number of amides is 1. The van der Waals surface area contributed by atoms with Crippen LogP contribution >= 0.6 is 24.0 Å². The summed E-state index contributed by atoms with van der Waals surface area (Å²) < 4.78 is 0. The van der Waals surface area contributed by atoms with Gasteiger partial charge in [-0.2, -0.15) is 5.10 Å². The van der Waals surface area contributed by atoms with E-state index in [1.807, 2.05) is 18.2 Å². The minimum absolute atomic E-state index is 0. The van der Waals surface area contributed by atoms with Crippen molar-refractivity contribution in [3.63, 3.8) is 0 Å². The van der Waals surface area contributed by atoms with Crippen LogP contribution in [0.5, 0.6) is 0 Å². The van der Waals surface area contributed by atoms with Crippen LogP contribution in [0.2, 0.25) is 5.02 Å². The second-order valence-electron chi connectivity index (χ2n) is 5.55. The summed E-state index contributed by atoms with van der Waals surface area (Å²) in [5.41, 5.74) is 1.95. The third-order valence-electron chi connectivity index (χ3n) is 3.97. The molecule has 0 saturated carbocycles. The summed E-state index contributed by atoms with van der Waals surface area (Å²) in [6.45, 7) is 2.82. The number of carbonyl (C=O) groups is 1. The lowest BCUT2D eigenvalue weighted by Gasteiger charge is -2.08. The Kier molecular flexibility index (Phi) is 6.45. The van der Waals surface area contributed by atoms with Crippen molar-refractivity contribution in [3.05, 3.63) is 41.0 Å². The molecule has 124 valence electrons. The minimum atomic E-state index is -0.128. The Bertz CT molecular complexity index is 653. The molecule has 2 aromatic rings. The first-order valence-corrected chi connectivity index (χ1v) is 7.91. The molecule has 1 aliphatic heterocycles. The molecule has 1 fully saturated rings. The third-order valence-corrected chi connectivity index (χ3v) is 4.30. The summed E-state index contributed by atoms with van der Waals surface area (Å²) >= 11 is 6.14. The van der Waals surface area contributed by atoms with Crippen LogP contribution in [-0.2, 0) is 0 Å². The van der Waals surface area contributed by atoms with Gasteiger partial charge >= 0.3 is 0 Å². The summed E-state index contributed by atoms with van der Waals surface area (Å²) in [4.78, 5) is 12.1. The van der Waals surface area contributed by atoms with Gasteiger partial charge in [-0.25, -0.2) is 0 Å². The van der Waals surface area contributed by atoms with Crippen LogP contribution in [0.25, 0.3) is 11.3 Å². The molecule has 0 aliphatic carbocycles. The molecular weight excluding hydrogens is 335 g/mol. The maximum atomic E-state index is 12.1. The van der Waals surface area contributed by atoms with Gasteiger partial charge in [-0.1, -0.05) is 29.8 Å². The molecule has 2 heterocycles. The van der Waals surface area contributed by atoms with Gasteiger partial charge < -0.3 is 10.6 Å². The fraction of sp³-hybridized carbons (Fsp3) is 0.375. The lowest BCUT2D eigenvalue weighted by atomic mass is 10.1. The first-order chi connectivity index (χ1) is 10.7. The molecular formula is C16H20Cl2N4O. The molecule has 1 unspecified atom stereocenters. The summed E-state index contributed by atoms with van der Waals surface area (Å²) in [6, 6.07) is 9.18. The Morgan fingerprint density at radius 3 is 2.96 bits per heavy atom. The van der Waals surface area contributed by atoms with Crippen LogP contribution in [0.15, 0.2) is 30.3 Å². The highest BCUT2D eigenvalue weighted by molar-refractivity contribution is 6.33. The molecule has 1 amide bonds. The smallest absolute Gasteiger partial charge is 0.269 e. The number of nitrogens with zero attached hydrogens (tertiary/aromatic N) is 1. The predicted molar refractivity (Wildman–Crippen MR) is 94.2 cm³/mol. The zero-order chi connectivity index (χ0) is 15.4. The molecule has 0 radical (unpaired) electrons. The fourth-order valence-electron chi connectivity index (χ4n) is 2.69. The molecule has 0 spiro atoms. The van der Waals surface area contributed by atoms with E-state index in [1.54, 1.807) is 12.1 Å². The number of carbonyl (C=O) groups excluding carboxylic acids is 1. The van der Waals surface area contributed by atoms with Gasteiger partial charge in [0.2, 0.25) is 0 Å². The molecule has 1 aromatic heterocycles. The van der Waals surface area contributed by atoms with E-state index in [4.69, 9.17) is 11.6 Å². The summed E-state index contributed by atoms with van der Waals surface area (Å²) in [5, 5.41) is 13.8. The van der Waals surface area contributed by atoms with Gasteiger partial charge in [0.15, 0.2) is 0 Å². The number of hydrogen-bond acceptors (Lipinski definition) is 3. The van der Waals surface area contributed by atoms with E-state index in [-0.39, 0.29) is 18.3 Å². The van der Waals surface area contributed by atoms with E-state index in [9.17, 15) is 4.79 Å². The molecule has 5 nitrogen and oxygen atoms in total. The second kappa shape index (κ2) is 8.34. The van der Waals surface area contributed by atoms with Crippen molar-refractivity contribution in [2.45, 2.75) is 12.8 Å². The van der Waals surface area contributed by atoms with Crippen molar-refractivity contribution in [3.8, 4) is 11.3 Å². The first kappa shape index (κ1) is 17.8. The highest BCUT2D eigenvalue weighted by Gasteiger charge is 2.16. The van der Waals surface area contributed by atoms with Crippen LogP contribution in [0.3, 0.4) is 0 Å². The molecule has 1 atom stereocenters. The Hall–Kier alpha value is -1.56. The zero-order valence-electron chi connectivity index (χ0n) is 12.6. The number of rotatable bonds is 5. The van der Waals surface area contributed by atoms with Crippen molar-refractivity contribution in [2.75, 3.05) is 19.6 Å². The molecule has 7 heteroatoms. The molecule has 0 bridgehead atoms. The maximum absolute atomic E-state index is 12.1. The quantitative estimate of drug-likeness (QED) is 0.773. The topological polar surface area (TPSA) is 69.8 Å². The first-order valence-electron chi connectivity index (χ1n) is 7.53. The highest BCUT2D eigenvalue weighted by Crippen LogP contribution is 2.26. The largest absolute Gasteiger partial charge is 0.351 e. The zero-order valence-corrected chi connectivity index (χ0v) is 14.2. The van der Waals surface area contributed by atoms with Crippen LogP contribution in [0.4, 0.5) is 0 Å². The lowest BCUT2D eigenvalue weighted by molar-refractivity contribution is 0.0946. The van der Waals surface area contributed by atoms with Gasteiger partial charge in [0.25, 0.3) is 5.91 Å². The van der Waals surface area contributed by atoms with Gasteiger partial charge in [-0.15, -0.1) is 12.4 Å². The Morgan fingerprint density at radius 2 is 2.22 bits per heavy atom. The summed E-state index contributed by atoms with van der Waals surface area (Å²) in [5.74, 6) is 0.539. The van der Waals surface area contributed by atoms with Gasteiger partial charge in [0, 0.05) is 12.1 Å². The second-order valence-corrected chi connectivity index (χ2v) is 5.96. The van der Waals surface area contributed by atoms with Crippen molar-refractivity contribution in [2.24, 2.45) is 5.92 Å². The van der Waals surface area contributed by atoms with Crippen LogP contribution in [0, 0.1) is 5.92 Å². The Morgan fingerprint density at radius 1 is 1.39 bits per heavy atom. The normalized spacial score (nSPS) is 16.8. The number of H-pyrrole nitrogens is 1. The minimum Gasteiger partial charge on any atom is -0.351 e. The lowest BCUT2D eigenvalue weighted by Crippen LogP contribution is -2.26. The van der Waals surface area contributed by atoms with Crippen molar-refractivity contribution in [1.82, 2.24) is 20.8 Å². The van der Waals surface area contributed by atoms with E-state index in [0.717, 1.165) is 25.1 Å². The van der Waals surface area contributed by atoms with Crippen molar-refractivity contribution < 1.29 is 4.79 Å². The number of aromatic amines is 1. The molecule has 1 aromatic carbocycles. The molecule has 3 rings (SSSR count). The van der Waals surface area contributed by atoms with Gasteiger partial charge in [-0.05, 0) is 44.0 Å². The molecule has 23 heavy (non-hydrogen) atoms. The van der Waals surface area contributed by atoms with Gasteiger partial charge in [0.1, 0.15) is 5.69 Å². The number of halogens is 2. The number of benzene rings is 1. The van der Waals surface area contributed by atoms with Gasteiger partial charge in [0.05, 0.1) is 10.7 Å². The maximum Gasteiger partial charge on any atom is 0.269 e. The number of aromatic nitrogens is 2. The van der Waals surface area contributed by atoms with Crippen LogP contribution in [-0.4, -0.2) is 35.7 Å². The standard InChI is InChI=1S/C16H19ClN4O.ClH/c17-13-4-2-1-3-12(13)14-9-15(21-20-14)16(22)19-8-6-11-5-7-18-10-11;/h1-4,9,11,18H,5-8,10H2,(H,19,22)(H,20,21);1H. The SMILES string of the molecule is Cl.O=C(NCCC1CCNC1)c1cc(-c2ccccc2Cl)n[nH]1. The molecule has 1 aliphatic rings. The van der Waals surface area contributed by atoms with E-state index < -0.39 is 0 Å². The van der Waals surface area contributed by atoms with Crippen LogP contribution < -0.4 is 10.6 Å². The highest BCUT2D eigenvalue weighted by atomic mass is 35.5. The molecule has 3 N–H and O–H groups in total. The number of nitrogens with one attached hydrogen (secondary N) is 3.